The van der Waals surface area contributed by atoms with E-state index in [-0.39, 0.29) is 44.0 Å². The molecule has 0 amide bonds. The van der Waals surface area contributed by atoms with Crippen LogP contribution in [0.3, 0.4) is 0 Å². The van der Waals surface area contributed by atoms with E-state index in [1.165, 1.54) is 13.0 Å². The van der Waals surface area contributed by atoms with Gasteiger partial charge in [0.2, 0.25) is 0 Å². The minimum atomic E-state index is -5.02. The van der Waals surface area contributed by atoms with E-state index >= 15 is 8.78 Å². The molecular formula is C32H17F5N10Pt. The third-order valence-electron chi connectivity index (χ3n) is 6.73. The first-order chi connectivity index (χ1) is 22.5. The Labute approximate surface area is 283 Å². The van der Waals surface area contributed by atoms with Crippen molar-refractivity contribution in [1.82, 2.24) is 34.5 Å². The van der Waals surface area contributed by atoms with Gasteiger partial charge in [-0.15, -0.1) is 0 Å². The van der Waals surface area contributed by atoms with E-state index in [4.69, 9.17) is 6.57 Å². The predicted molar refractivity (Wildman–Crippen MR) is 157 cm³/mol. The summed E-state index contributed by atoms with van der Waals surface area (Å²) in [6.07, 6.45) is 0.847. The van der Waals surface area contributed by atoms with Gasteiger partial charge in [-0.1, -0.05) is 49.5 Å². The number of hydrogen-bond acceptors (Lipinski definition) is 7. The van der Waals surface area contributed by atoms with Crippen LogP contribution >= 0.6 is 0 Å². The Morgan fingerprint density at radius 3 is 2.02 bits per heavy atom. The molecule has 4 heterocycles. The van der Waals surface area contributed by atoms with Crippen LogP contribution < -0.4 is 4.90 Å². The zero-order valence-electron chi connectivity index (χ0n) is 24.3. The summed E-state index contributed by atoms with van der Waals surface area (Å²) in [7, 11) is 0. The van der Waals surface area contributed by atoms with Gasteiger partial charge in [-0.2, -0.15) is 22.0 Å². The molecule has 4 aromatic heterocycles. The average molecular weight is 832 g/mol. The summed E-state index contributed by atoms with van der Waals surface area (Å²) in [5, 5.41) is 16.8. The molecule has 0 N–H and O–H groups in total. The van der Waals surface area contributed by atoms with E-state index in [0.29, 0.717) is 16.1 Å². The second-order valence-corrected chi connectivity index (χ2v) is 9.82. The Kier molecular flexibility index (Phi) is 9.19. The summed E-state index contributed by atoms with van der Waals surface area (Å²) in [4.78, 5) is 16.4. The summed E-state index contributed by atoms with van der Waals surface area (Å²) in [5.74, 6) is -4.75. The number of benzene rings is 2. The predicted octanol–water partition coefficient (Wildman–Crippen LogP) is 7.20. The number of anilines is 3. The maximum atomic E-state index is 16.5. The van der Waals surface area contributed by atoms with E-state index in [2.05, 4.69) is 42.4 Å². The number of pyridine rings is 1. The maximum Gasteiger partial charge on any atom is 2.00 e. The molecule has 0 unspecified atom stereocenters. The Morgan fingerprint density at radius 2 is 1.48 bits per heavy atom. The molecular weight excluding hydrogens is 814 g/mol. The fourth-order valence-corrected chi connectivity index (χ4v) is 4.57. The van der Waals surface area contributed by atoms with E-state index in [0.717, 1.165) is 23.0 Å². The molecule has 0 atom stereocenters. The van der Waals surface area contributed by atoms with E-state index in [1.54, 1.807) is 65.6 Å². The van der Waals surface area contributed by atoms with Gasteiger partial charge in [0.05, 0.1) is 18.1 Å². The van der Waals surface area contributed by atoms with Crippen LogP contribution in [0.2, 0.25) is 0 Å². The number of nitrogens with zero attached hydrogens (tertiary/aromatic N) is 10. The molecule has 0 fully saturated rings. The molecule has 0 aliphatic carbocycles. The van der Waals surface area contributed by atoms with Crippen molar-refractivity contribution in [3.63, 3.8) is 0 Å². The Morgan fingerprint density at radius 1 is 0.833 bits per heavy atom. The molecule has 0 spiro atoms. The number of halogens is 5. The van der Waals surface area contributed by atoms with Gasteiger partial charge in [-0.3, -0.25) is 34.8 Å². The first-order valence-corrected chi connectivity index (χ1v) is 13.5. The molecule has 10 nitrogen and oxygen atoms in total. The molecule has 0 saturated heterocycles. The number of hydrogen-bond donors (Lipinski definition) is 0. The Hall–Kier alpha value is -5.79. The Balaban J connectivity index is 0.00000451. The zero-order valence-corrected chi connectivity index (χ0v) is 26.5. The number of para-hydroxylation sites is 2. The molecule has 0 aliphatic heterocycles. The van der Waals surface area contributed by atoms with E-state index in [9.17, 15) is 18.4 Å². The summed E-state index contributed by atoms with van der Waals surface area (Å²) < 4.78 is 75.6. The minimum Gasteiger partial charge on any atom is -0.356 e. The van der Waals surface area contributed by atoms with Gasteiger partial charge in [0.25, 0.3) is 0 Å². The van der Waals surface area contributed by atoms with Crippen LogP contribution in [0, 0.1) is 37.2 Å². The molecule has 48 heavy (non-hydrogen) atoms. The average Bonchev–Trinajstić information content (AvgIpc) is 3.70. The minimum absolute atomic E-state index is 0. The third kappa shape index (κ3) is 6.41. The van der Waals surface area contributed by atoms with Crippen molar-refractivity contribution < 1.29 is 43.0 Å². The fourth-order valence-electron chi connectivity index (χ4n) is 4.57. The van der Waals surface area contributed by atoms with Gasteiger partial charge in [0.15, 0.2) is 5.95 Å². The van der Waals surface area contributed by atoms with E-state index < -0.39 is 40.7 Å². The molecule has 6 rings (SSSR count). The van der Waals surface area contributed by atoms with Crippen LogP contribution in [0.5, 0.6) is 0 Å². The van der Waals surface area contributed by atoms with Crippen molar-refractivity contribution in [3.05, 3.63) is 137 Å². The number of nitriles is 1. The van der Waals surface area contributed by atoms with Gasteiger partial charge >= 0.3 is 33.2 Å². The summed E-state index contributed by atoms with van der Waals surface area (Å²) in [5.41, 5.74) is -2.74. The second kappa shape index (κ2) is 13.1. The number of rotatable bonds is 7. The first-order valence-electron chi connectivity index (χ1n) is 13.5. The van der Waals surface area contributed by atoms with Crippen LogP contribution in [0.4, 0.5) is 44.7 Å². The second-order valence-electron chi connectivity index (χ2n) is 9.82. The third-order valence-corrected chi connectivity index (χ3v) is 6.73. The van der Waals surface area contributed by atoms with Crippen LogP contribution in [0.25, 0.3) is 16.6 Å². The van der Waals surface area contributed by atoms with Crippen LogP contribution in [0.15, 0.2) is 85.1 Å². The van der Waals surface area contributed by atoms with Gasteiger partial charge in [0, 0.05) is 23.3 Å². The molecule has 16 heteroatoms. The van der Waals surface area contributed by atoms with E-state index in [1.807, 2.05) is 6.07 Å². The normalized spacial score (nSPS) is 11.3. The molecule has 0 aliphatic rings. The number of alkyl halides is 5. The van der Waals surface area contributed by atoms with Crippen molar-refractivity contribution in [1.29, 1.82) is 5.26 Å². The van der Waals surface area contributed by atoms with Crippen molar-refractivity contribution in [2.24, 2.45) is 0 Å². The monoisotopic (exact) mass is 831 g/mol. The number of aromatic nitrogens is 7. The van der Waals surface area contributed by atoms with Crippen LogP contribution in [-0.4, -0.2) is 34.5 Å². The van der Waals surface area contributed by atoms with Crippen LogP contribution in [-0.2, 0) is 33.2 Å². The largest absolute Gasteiger partial charge is 2.00 e. The molecule has 0 saturated carbocycles. The SMILES string of the molecule is [C-]#[N+]c1[c-]n(-c2cc(N(c3ccccc3)c3ccccc3)cc(C(F)(F)c3ccnc(-n4[c-]c(C#N)c(C)n4)n3)n2)nc1C(F)(F)F.[Pt+2]. The zero-order chi connectivity index (χ0) is 33.3. The van der Waals surface area contributed by atoms with Gasteiger partial charge in [-0.25, -0.2) is 5.10 Å². The van der Waals surface area contributed by atoms with Gasteiger partial charge in [0.1, 0.15) is 17.1 Å². The first kappa shape index (κ1) is 33.6. The number of aryl methyl sites for hydroxylation is 1. The molecule has 0 bridgehead atoms. The molecule has 6 aromatic rings. The van der Waals surface area contributed by atoms with Crippen molar-refractivity contribution in [2.75, 3.05) is 4.90 Å². The van der Waals surface area contributed by atoms with Crippen molar-refractivity contribution in [3.8, 4) is 17.8 Å². The van der Waals surface area contributed by atoms with Crippen LogP contribution in [0.1, 0.15) is 28.3 Å². The molecule has 2 aromatic carbocycles. The fraction of sp³-hybridized carbons (Fsp3) is 0.0938. The molecule has 240 valence electrons. The standard InChI is InChI=1S/C32H17F5N10.Pt/c1-20-21(17-38)18-46(43-20)30-40-14-13-26(42-30)31(33,34)27-15-24(47(22-9-5-3-6-10-22)23-11-7-4-8-12-23)16-28(41-27)45-19-25(39-2)29(44-45)32(35,36)37;/h3-16H,1H3;/q-2;+2. The summed E-state index contributed by atoms with van der Waals surface area (Å²) in [6.45, 7) is 8.73. The topological polar surface area (TPSA) is 106 Å². The quantitative estimate of drug-likeness (QED) is 0.124. The Bertz CT molecular complexity index is 2130. The summed E-state index contributed by atoms with van der Waals surface area (Å²) >= 11 is 0. The van der Waals surface area contributed by atoms with Gasteiger partial charge in [-0.05, 0) is 66.0 Å². The smallest absolute Gasteiger partial charge is 0.356 e. The van der Waals surface area contributed by atoms with Crippen molar-refractivity contribution in [2.45, 2.75) is 19.0 Å². The van der Waals surface area contributed by atoms with Gasteiger partial charge < -0.3 is 9.58 Å². The van der Waals surface area contributed by atoms with Crippen molar-refractivity contribution >= 4 is 22.7 Å². The maximum absolute atomic E-state index is 16.5. The molecule has 0 radical (unpaired) electrons. The summed E-state index contributed by atoms with van der Waals surface area (Å²) in [6, 6.07) is 22.5.